The van der Waals surface area contributed by atoms with Gasteiger partial charge in [-0.25, -0.2) is 0 Å². The van der Waals surface area contributed by atoms with E-state index in [0.717, 1.165) is 40.0 Å². The third-order valence-electron chi connectivity index (χ3n) is 3.92. The molecular weight excluding hydrogens is 368 g/mol. The summed E-state index contributed by atoms with van der Waals surface area (Å²) in [5.74, 6) is -0.572. The molecule has 0 saturated carbocycles. The molecule has 0 radical (unpaired) electrons. The lowest BCUT2D eigenvalue weighted by Crippen LogP contribution is -2.42. The van der Waals surface area contributed by atoms with Crippen LogP contribution in [0, 0.1) is 0 Å². The Labute approximate surface area is 163 Å². The maximum absolute atomic E-state index is 12.6. The molecule has 0 unspecified atom stereocenters. The van der Waals surface area contributed by atoms with E-state index >= 15 is 0 Å². The van der Waals surface area contributed by atoms with Crippen molar-refractivity contribution in [3.63, 3.8) is 0 Å². The monoisotopic (exact) mass is 392 g/mol. The topological polar surface area (TPSA) is 57.7 Å². The number of amides is 3. The average Bonchev–Trinajstić information content (AvgIpc) is 2.89. The van der Waals surface area contributed by atoms with Crippen LogP contribution >= 0.6 is 23.5 Å². The zero-order valence-corrected chi connectivity index (χ0v) is 17.0. The molecule has 7 heteroatoms. The van der Waals surface area contributed by atoms with Crippen molar-refractivity contribution in [2.75, 3.05) is 25.9 Å². The highest BCUT2D eigenvalue weighted by molar-refractivity contribution is 8.18. The fraction of sp³-hybridized carbons (Fsp3) is 0.421. The molecule has 140 valence electrons. The van der Waals surface area contributed by atoms with Gasteiger partial charge in [-0.3, -0.25) is 19.3 Å². The Hall–Kier alpha value is -1.73. The van der Waals surface area contributed by atoms with Gasteiger partial charge in [-0.1, -0.05) is 26.0 Å². The molecule has 0 atom stereocenters. The van der Waals surface area contributed by atoms with Crippen LogP contribution < -0.4 is 0 Å². The van der Waals surface area contributed by atoms with E-state index in [1.54, 1.807) is 22.7 Å². The van der Waals surface area contributed by atoms with Crippen molar-refractivity contribution < 1.29 is 14.4 Å². The van der Waals surface area contributed by atoms with E-state index in [0.29, 0.717) is 18.0 Å². The second-order valence-electron chi connectivity index (χ2n) is 5.92. The number of hydrogen-bond acceptors (Lipinski definition) is 5. The maximum atomic E-state index is 12.6. The van der Waals surface area contributed by atoms with Crippen LogP contribution in [0.3, 0.4) is 0 Å². The van der Waals surface area contributed by atoms with Crippen LogP contribution in [0.5, 0.6) is 0 Å². The minimum absolute atomic E-state index is 0.179. The van der Waals surface area contributed by atoms with Gasteiger partial charge in [0.05, 0.1) is 4.91 Å². The predicted molar refractivity (Wildman–Crippen MR) is 108 cm³/mol. The lowest BCUT2D eigenvalue weighted by Gasteiger charge is -2.23. The maximum Gasteiger partial charge on any atom is 0.294 e. The molecule has 0 N–H and O–H groups in total. The molecule has 0 aromatic heterocycles. The van der Waals surface area contributed by atoms with E-state index < -0.39 is 5.91 Å². The van der Waals surface area contributed by atoms with Gasteiger partial charge < -0.3 is 4.90 Å². The molecule has 1 heterocycles. The summed E-state index contributed by atoms with van der Waals surface area (Å²) >= 11 is 2.53. The van der Waals surface area contributed by atoms with Crippen molar-refractivity contribution in [3.8, 4) is 0 Å². The number of hydrogen-bond donors (Lipinski definition) is 0. The van der Waals surface area contributed by atoms with E-state index in [1.807, 2.05) is 44.4 Å². The van der Waals surface area contributed by atoms with E-state index in [1.165, 1.54) is 0 Å². The standard InChI is InChI=1S/C19H24N2O3S2/c1-4-10-20(11-5-2)17(22)13-21-18(23)16(26-19(21)24)12-14-6-8-15(25-3)9-7-14/h6-9,12H,4-5,10-11,13H2,1-3H3/b16-12-. The minimum Gasteiger partial charge on any atom is -0.341 e. The highest BCUT2D eigenvalue weighted by Gasteiger charge is 2.36. The fourth-order valence-electron chi connectivity index (χ4n) is 2.62. The number of rotatable bonds is 8. The molecule has 1 aromatic rings. The summed E-state index contributed by atoms with van der Waals surface area (Å²) in [6.07, 6.45) is 5.40. The first kappa shape index (κ1) is 20.6. The highest BCUT2D eigenvalue weighted by atomic mass is 32.2. The van der Waals surface area contributed by atoms with Gasteiger partial charge in [0.15, 0.2) is 0 Å². The van der Waals surface area contributed by atoms with Crippen molar-refractivity contribution in [1.82, 2.24) is 9.80 Å². The Morgan fingerprint density at radius 3 is 2.31 bits per heavy atom. The summed E-state index contributed by atoms with van der Waals surface area (Å²) < 4.78 is 0. The SMILES string of the molecule is CCCN(CCC)C(=O)CN1C(=O)S/C(=C\c2ccc(SC)cc2)C1=O. The molecule has 1 aliphatic heterocycles. The Morgan fingerprint density at radius 2 is 1.77 bits per heavy atom. The minimum atomic E-state index is -0.393. The molecule has 1 saturated heterocycles. The van der Waals surface area contributed by atoms with E-state index in [9.17, 15) is 14.4 Å². The van der Waals surface area contributed by atoms with Crippen LogP contribution in [0.2, 0.25) is 0 Å². The van der Waals surface area contributed by atoms with E-state index in [-0.39, 0.29) is 17.7 Å². The number of carbonyl (C=O) groups is 3. The second-order valence-corrected chi connectivity index (χ2v) is 7.79. The quantitative estimate of drug-likeness (QED) is 0.493. The van der Waals surface area contributed by atoms with Crippen LogP contribution in [-0.2, 0) is 9.59 Å². The van der Waals surface area contributed by atoms with Gasteiger partial charge in [-0.2, -0.15) is 0 Å². The summed E-state index contributed by atoms with van der Waals surface area (Å²) in [6.45, 7) is 5.09. The zero-order chi connectivity index (χ0) is 19.1. The third kappa shape index (κ3) is 5.14. The van der Waals surface area contributed by atoms with Gasteiger partial charge in [0.2, 0.25) is 5.91 Å². The van der Waals surface area contributed by atoms with Gasteiger partial charge in [0.1, 0.15) is 6.54 Å². The van der Waals surface area contributed by atoms with Crippen molar-refractivity contribution >= 4 is 46.7 Å². The van der Waals surface area contributed by atoms with Crippen molar-refractivity contribution in [3.05, 3.63) is 34.7 Å². The molecule has 1 aromatic carbocycles. The van der Waals surface area contributed by atoms with Crippen LogP contribution in [0.15, 0.2) is 34.1 Å². The van der Waals surface area contributed by atoms with Crippen LogP contribution in [-0.4, -0.2) is 52.7 Å². The number of thioether (sulfide) groups is 2. The molecule has 0 bridgehead atoms. The summed E-state index contributed by atoms with van der Waals surface area (Å²) in [6, 6.07) is 7.76. The Kier molecular flexibility index (Phi) is 7.78. The summed E-state index contributed by atoms with van der Waals surface area (Å²) in [5.41, 5.74) is 0.859. The molecule has 2 rings (SSSR count). The number of nitrogens with zero attached hydrogens (tertiary/aromatic N) is 2. The first-order valence-corrected chi connectivity index (χ1v) is 10.7. The average molecular weight is 393 g/mol. The summed E-state index contributed by atoms with van der Waals surface area (Å²) in [5, 5.41) is -0.386. The van der Waals surface area contributed by atoms with Crippen molar-refractivity contribution in [2.45, 2.75) is 31.6 Å². The van der Waals surface area contributed by atoms with Crippen molar-refractivity contribution in [2.24, 2.45) is 0 Å². The number of carbonyl (C=O) groups excluding carboxylic acids is 3. The zero-order valence-electron chi connectivity index (χ0n) is 15.4. The number of imide groups is 1. The first-order valence-electron chi connectivity index (χ1n) is 8.67. The molecule has 0 aliphatic carbocycles. The largest absolute Gasteiger partial charge is 0.341 e. The highest BCUT2D eigenvalue weighted by Crippen LogP contribution is 2.32. The van der Waals surface area contributed by atoms with E-state index in [2.05, 4.69) is 0 Å². The Balaban J connectivity index is 2.09. The summed E-state index contributed by atoms with van der Waals surface area (Å²) in [4.78, 5) is 41.5. The predicted octanol–water partition coefficient (Wildman–Crippen LogP) is 4.09. The Bertz CT molecular complexity index is 695. The lowest BCUT2D eigenvalue weighted by molar-refractivity contribution is -0.135. The van der Waals surface area contributed by atoms with E-state index in [4.69, 9.17) is 0 Å². The molecule has 26 heavy (non-hydrogen) atoms. The van der Waals surface area contributed by atoms with Crippen LogP contribution in [0.4, 0.5) is 4.79 Å². The summed E-state index contributed by atoms with van der Waals surface area (Å²) in [7, 11) is 0. The molecule has 1 fully saturated rings. The molecule has 1 aliphatic rings. The fourth-order valence-corrected chi connectivity index (χ4v) is 3.87. The Morgan fingerprint density at radius 1 is 1.15 bits per heavy atom. The van der Waals surface area contributed by atoms with Gasteiger partial charge >= 0.3 is 0 Å². The van der Waals surface area contributed by atoms with Gasteiger partial charge in [0, 0.05) is 18.0 Å². The third-order valence-corrected chi connectivity index (χ3v) is 5.57. The molecular formula is C19H24N2O3S2. The first-order chi connectivity index (χ1) is 12.5. The van der Waals surface area contributed by atoms with Crippen LogP contribution in [0.1, 0.15) is 32.3 Å². The molecule has 5 nitrogen and oxygen atoms in total. The van der Waals surface area contributed by atoms with Crippen LogP contribution in [0.25, 0.3) is 6.08 Å². The van der Waals surface area contributed by atoms with Gasteiger partial charge in [-0.05, 0) is 54.6 Å². The molecule has 0 spiro atoms. The van der Waals surface area contributed by atoms with Crippen molar-refractivity contribution in [1.29, 1.82) is 0 Å². The van der Waals surface area contributed by atoms with Gasteiger partial charge in [-0.15, -0.1) is 11.8 Å². The molecule has 3 amide bonds. The smallest absolute Gasteiger partial charge is 0.294 e. The second kappa shape index (κ2) is 9.83. The normalized spacial score (nSPS) is 15.8. The number of benzene rings is 1. The lowest BCUT2D eigenvalue weighted by atomic mass is 10.2. The van der Waals surface area contributed by atoms with Gasteiger partial charge in [0.25, 0.3) is 11.1 Å².